The summed E-state index contributed by atoms with van der Waals surface area (Å²) in [5.41, 5.74) is 24.1. The second-order valence-corrected chi connectivity index (χ2v) is 17.8. The molecule has 0 N–H and O–H groups in total. The first-order chi connectivity index (χ1) is 25.8. The van der Waals surface area contributed by atoms with Crippen LogP contribution in [0.3, 0.4) is 0 Å². The molecule has 1 aromatic heterocycles. The lowest BCUT2D eigenvalue weighted by atomic mass is 9.78. The van der Waals surface area contributed by atoms with Gasteiger partial charge in [-0.3, -0.25) is 0 Å². The number of nitrogens with zero attached hydrogens (tertiary/aromatic N) is 1. The smallest absolute Gasteiger partial charge is 0.227 e. The van der Waals surface area contributed by atoms with Crippen molar-refractivity contribution in [2.24, 2.45) is 0 Å². The standard InChI is InChI=1S/C52H43NO/c1-28-19-29(2)21-33(20-28)31-13-16-35-37-24-45-39(26-43(37)50(3,4)41(35)22-31)40-27-44-38(25-46(40)52(45,7)8)36-17-14-32(23-42(36)51(44,5)6)49-53-47-18-15-30-11-9-10-12-34(30)48(47)54-49/h9-27H,1-8H3. The van der Waals surface area contributed by atoms with Gasteiger partial charge in [0.15, 0.2) is 5.58 Å². The van der Waals surface area contributed by atoms with Crippen LogP contribution in [-0.4, -0.2) is 4.98 Å². The van der Waals surface area contributed by atoms with Crippen LogP contribution in [0.15, 0.2) is 120 Å². The van der Waals surface area contributed by atoms with Crippen LogP contribution in [0.4, 0.5) is 0 Å². The largest absolute Gasteiger partial charge is 0.435 e. The molecule has 0 fully saturated rings. The SMILES string of the molecule is Cc1cc(C)cc(-c2ccc3c(c2)C(C)(C)c2cc4c(cc2-3)C(C)(C)c2cc3c(cc2-4)C(C)(C)c2cc(-c4nc5ccc6ccccc6c5o4)ccc2-3)c1. The molecule has 3 aliphatic rings. The first-order valence-corrected chi connectivity index (χ1v) is 19.4. The van der Waals surface area contributed by atoms with Gasteiger partial charge in [0.2, 0.25) is 5.89 Å². The second-order valence-electron chi connectivity index (χ2n) is 17.8. The van der Waals surface area contributed by atoms with Crippen molar-refractivity contribution >= 4 is 21.9 Å². The van der Waals surface area contributed by atoms with Gasteiger partial charge in [0.25, 0.3) is 0 Å². The van der Waals surface area contributed by atoms with Crippen molar-refractivity contribution < 1.29 is 4.42 Å². The Hall–Kier alpha value is -5.73. The molecule has 0 bridgehead atoms. The van der Waals surface area contributed by atoms with E-state index in [1.165, 1.54) is 89.0 Å². The van der Waals surface area contributed by atoms with Crippen LogP contribution in [0.1, 0.15) is 86.1 Å². The molecule has 2 heteroatoms. The van der Waals surface area contributed by atoms with E-state index >= 15 is 0 Å². The number of rotatable bonds is 2. The summed E-state index contributed by atoms with van der Waals surface area (Å²) in [4.78, 5) is 4.97. The molecule has 8 aromatic rings. The number of hydrogen-bond acceptors (Lipinski definition) is 2. The number of aromatic nitrogens is 1. The van der Waals surface area contributed by atoms with Crippen molar-refractivity contribution in [3.05, 3.63) is 160 Å². The molecule has 0 radical (unpaired) electrons. The minimum Gasteiger partial charge on any atom is -0.435 e. The van der Waals surface area contributed by atoms with Gasteiger partial charge < -0.3 is 4.42 Å². The van der Waals surface area contributed by atoms with Gasteiger partial charge in [-0.1, -0.05) is 119 Å². The van der Waals surface area contributed by atoms with E-state index in [1.54, 1.807) is 0 Å². The maximum absolute atomic E-state index is 6.51. The van der Waals surface area contributed by atoms with Crippen LogP contribution in [0, 0.1) is 13.8 Å². The van der Waals surface area contributed by atoms with Crippen LogP contribution in [-0.2, 0) is 16.2 Å². The van der Waals surface area contributed by atoms with Gasteiger partial charge in [-0.15, -0.1) is 0 Å². The molecular weight excluding hydrogens is 655 g/mol. The maximum Gasteiger partial charge on any atom is 0.227 e. The first-order valence-electron chi connectivity index (χ1n) is 19.4. The van der Waals surface area contributed by atoms with Gasteiger partial charge in [0.05, 0.1) is 0 Å². The zero-order valence-electron chi connectivity index (χ0n) is 32.3. The normalized spacial score (nSPS) is 16.2. The summed E-state index contributed by atoms with van der Waals surface area (Å²) >= 11 is 0. The molecule has 1 heterocycles. The second kappa shape index (κ2) is 10.3. The Morgan fingerprint density at radius 3 is 1.48 bits per heavy atom. The van der Waals surface area contributed by atoms with Gasteiger partial charge in [0, 0.05) is 27.2 Å². The molecule has 0 unspecified atom stereocenters. The Kier molecular flexibility index (Phi) is 6.04. The molecule has 7 aromatic carbocycles. The summed E-state index contributed by atoms with van der Waals surface area (Å²) in [5.74, 6) is 0.673. The van der Waals surface area contributed by atoms with Crippen LogP contribution < -0.4 is 0 Å². The molecule has 262 valence electrons. The minimum absolute atomic E-state index is 0.110. The summed E-state index contributed by atoms with van der Waals surface area (Å²) in [5, 5.41) is 2.26. The van der Waals surface area contributed by atoms with Gasteiger partial charge in [-0.05, 0) is 146 Å². The highest BCUT2D eigenvalue weighted by Gasteiger charge is 2.44. The van der Waals surface area contributed by atoms with Gasteiger partial charge >= 0.3 is 0 Å². The quantitative estimate of drug-likeness (QED) is 0.180. The first kappa shape index (κ1) is 31.8. The number of fused-ring (bicyclic) bond motifs is 12. The van der Waals surface area contributed by atoms with Crippen LogP contribution >= 0.6 is 0 Å². The average Bonchev–Trinajstić information content (AvgIpc) is 3.82. The topological polar surface area (TPSA) is 26.0 Å². The fraction of sp³-hybridized carbons (Fsp3) is 0.212. The van der Waals surface area contributed by atoms with Crippen molar-refractivity contribution in [3.63, 3.8) is 0 Å². The Bertz CT molecular complexity index is 2960. The molecule has 0 spiro atoms. The Morgan fingerprint density at radius 2 is 0.907 bits per heavy atom. The highest BCUT2D eigenvalue weighted by Crippen LogP contribution is 2.59. The maximum atomic E-state index is 6.51. The number of aryl methyl sites for hydroxylation is 2. The monoisotopic (exact) mass is 697 g/mol. The van der Waals surface area contributed by atoms with Gasteiger partial charge in [0.1, 0.15) is 5.52 Å². The van der Waals surface area contributed by atoms with Gasteiger partial charge in [-0.25, -0.2) is 4.98 Å². The number of oxazole rings is 1. The van der Waals surface area contributed by atoms with E-state index in [1.807, 2.05) is 0 Å². The lowest BCUT2D eigenvalue weighted by molar-refractivity contribution is 0.621. The summed E-state index contributed by atoms with van der Waals surface area (Å²) in [6.45, 7) is 18.8. The van der Waals surface area contributed by atoms with Crippen LogP contribution in [0.5, 0.6) is 0 Å². The van der Waals surface area contributed by atoms with Crippen molar-refractivity contribution in [2.45, 2.75) is 71.6 Å². The third-order valence-electron chi connectivity index (χ3n) is 13.3. The predicted octanol–water partition coefficient (Wildman–Crippen LogP) is 13.9. The number of benzene rings is 7. The van der Waals surface area contributed by atoms with Crippen molar-refractivity contribution in [2.75, 3.05) is 0 Å². The summed E-state index contributed by atoms with van der Waals surface area (Å²) in [6, 6.07) is 43.6. The fourth-order valence-corrected chi connectivity index (χ4v) is 10.4. The predicted molar refractivity (Wildman–Crippen MR) is 225 cm³/mol. The highest BCUT2D eigenvalue weighted by atomic mass is 16.3. The molecule has 0 amide bonds. The van der Waals surface area contributed by atoms with Gasteiger partial charge in [-0.2, -0.15) is 0 Å². The molecule has 0 atom stereocenters. The van der Waals surface area contributed by atoms with E-state index in [9.17, 15) is 0 Å². The minimum atomic E-state index is -0.182. The lowest BCUT2D eigenvalue weighted by Gasteiger charge is -2.25. The van der Waals surface area contributed by atoms with E-state index in [0.29, 0.717) is 5.89 Å². The van der Waals surface area contributed by atoms with E-state index in [-0.39, 0.29) is 16.2 Å². The number of hydrogen-bond donors (Lipinski definition) is 0. The third kappa shape index (κ3) is 4.09. The van der Waals surface area contributed by atoms with Crippen molar-refractivity contribution in [1.82, 2.24) is 4.98 Å². The van der Waals surface area contributed by atoms with E-state index < -0.39 is 0 Å². The molecule has 11 rings (SSSR count). The Labute approximate surface area is 317 Å². The van der Waals surface area contributed by atoms with Crippen LogP contribution in [0.2, 0.25) is 0 Å². The van der Waals surface area contributed by atoms with E-state index in [4.69, 9.17) is 9.40 Å². The molecule has 2 nitrogen and oxygen atoms in total. The molecule has 0 aliphatic heterocycles. The fourth-order valence-electron chi connectivity index (χ4n) is 10.4. The molecule has 0 saturated heterocycles. The average molecular weight is 698 g/mol. The third-order valence-corrected chi connectivity index (χ3v) is 13.3. The molecule has 54 heavy (non-hydrogen) atoms. The zero-order chi connectivity index (χ0) is 37.1. The van der Waals surface area contributed by atoms with Crippen molar-refractivity contribution in [3.8, 4) is 56.0 Å². The van der Waals surface area contributed by atoms with Crippen molar-refractivity contribution in [1.29, 1.82) is 0 Å². The Morgan fingerprint density at radius 1 is 0.426 bits per heavy atom. The van der Waals surface area contributed by atoms with E-state index in [0.717, 1.165) is 27.4 Å². The molecule has 0 saturated carbocycles. The summed E-state index contributed by atoms with van der Waals surface area (Å²) < 4.78 is 6.51. The Balaban J connectivity index is 1.01. The highest BCUT2D eigenvalue weighted by molar-refractivity contribution is 6.03. The zero-order valence-corrected chi connectivity index (χ0v) is 32.3. The summed E-state index contributed by atoms with van der Waals surface area (Å²) in [6.07, 6.45) is 0. The lowest BCUT2D eigenvalue weighted by Crippen LogP contribution is -2.17. The molecule has 3 aliphatic carbocycles. The molecular formula is C52H43NO. The van der Waals surface area contributed by atoms with Crippen LogP contribution in [0.25, 0.3) is 77.8 Å². The summed E-state index contributed by atoms with van der Waals surface area (Å²) in [7, 11) is 0. The van der Waals surface area contributed by atoms with E-state index in [2.05, 4.69) is 171 Å².